The highest BCUT2D eigenvalue weighted by Gasteiger charge is 2.62. The Morgan fingerprint density at radius 3 is 2.88 bits per heavy atom. The van der Waals surface area contributed by atoms with Crippen LogP contribution in [0.4, 0.5) is 0 Å². The van der Waals surface area contributed by atoms with Gasteiger partial charge < -0.3 is 15.4 Å². The van der Waals surface area contributed by atoms with Gasteiger partial charge in [0.2, 0.25) is 5.91 Å². The van der Waals surface area contributed by atoms with Gasteiger partial charge in [0.15, 0.2) is 5.82 Å². The van der Waals surface area contributed by atoms with Crippen molar-refractivity contribution in [2.24, 2.45) is 5.73 Å². The van der Waals surface area contributed by atoms with Crippen LogP contribution in [0, 0.1) is 0 Å². The van der Waals surface area contributed by atoms with E-state index in [0.29, 0.717) is 23.1 Å². The van der Waals surface area contributed by atoms with Gasteiger partial charge in [0, 0.05) is 4.75 Å². The average molecular weight is 395 g/mol. The van der Waals surface area contributed by atoms with Gasteiger partial charge in [0.25, 0.3) is 0 Å². The number of halogens is 1. The SMILES string of the molecule is COc1ccc(Cn2nnnc2C2N3C(=O)C(N)[C@H]3SC2(C)C)cc1Cl. The molecule has 26 heavy (non-hydrogen) atoms. The second-order valence-electron chi connectivity index (χ2n) is 6.95. The zero-order valence-corrected chi connectivity index (χ0v) is 16.2. The fourth-order valence-electron chi connectivity index (χ4n) is 3.56. The number of nitrogens with zero attached hydrogens (tertiary/aromatic N) is 5. The van der Waals surface area contributed by atoms with Crippen LogP contribution in [0.2, 0.25) is 5.02 Å². The predicted octanol–water partition coefficient (Wildman–Crippen LogP) is 1.45. The Balaban J connectivity index is 1.65. The molecule has 0 radical (unpaired) electrons. The summed E-state index contributed by atoms with van der Waals surface area (Å²) in [6, 6.07) is 4.87. The molecule has 1 amide bonds. The smallest absolute Gasteiger partial charge is 0.244 e. The van der Waals surface area contributed by atoms with E-state index in [9.17, 15) is 4.79 Å². The minimum Gasteiger partial charge on any atom is -0.495 e. The third-order valence-corrected chi connectivity index (χ3v) is 6.72. The Kier molecular flexibility index (Phi) is 4.13. The molecular formula is C16H19ClN6O2S. The largest absolute Gasteiger partial charge is 0.495 e. The summed E-state index contributed by atoms with van der Waals surface area (Å²) in [6.07, 6.45) is 0. The average Bonchev–Trinajstić information content (AvgIpc) is 3.14. The van der Waals surface area contributed by atoms with Crippen LogP contribution < -0.4 is 10.5 Å². The molecule has 10 heteroatoms. The highest BCUT2D eigenvalue weighted by molar-refractivity contribution is 8.01. The fourth-order valence-corrected chi connectivity index (χ4v) is 5.41. The van der Waals surface area contributed by atoms with Crippen LogP contribution >= 0.6 is 23.4 Å². The first-order valence-corrected chi connectivity index (χ1v) is 9.43. The van der Waals surface area contributed by atoms with E-state index < -0.39 is 6.04 Å². The molecule has 0 bridgehead atoms. The number of amides is 1. The number of hydrogen-bond acceptors (Lipinski definition) is 7. The van der Waals surface area contributed by atoms with Crippen molar-refractivity contribution in [1.29, 1.82) is 0 Å². The van der Waals surface area contributed by atoms with Crippen LogP contribution in [0.25, 0.3) is 0 Å². The topological polar surface area (TPSA) is 99.2 Å². The summed E-state index contributed by atoms with van der Waals surface area (Å²) in [5, 5.41) is 12.7. The van der Waals surface area contributed by atoms with Crippen LogP contribution in [0.15, 0.2) is 18.2 Å². The van der Waals surface area contributed by atoms with Gasteiger partial charge in [0.05, 0.1) is 18.7 Å². The Morgan fingerprint density at radius 1 is 1.42 bits per heavy atom. The summed E-state index contributed by atoms with van der Waals surface area (Å²) in [5.74, 6) is 1.21. The quantitative estimate of drug-likeness (QED) is 0.783. The molecule has 2 N–H and O–H groups in total. The summed E-state index contributed by atoms with van der Waals surface area (Å²) in [4.78, 5) is 14.1. The van der Waals surface area contributed by atoms with Crippen molar-refractivity contribution < 1.29 is 9.53 Å². The van der Waals surface area contributed by atoms with E-state index in [0.717, 1.165) is 5.56 Å². The molecule has 2 aliphatic rings. The molecule has 8 nitrogen and oxygen atoms in total. The number of carbonyl (C=O) groups excluding carboxylic acids is 1. The number of β-lactam (4-membered cyclic amide) rings is 1. The van der Waals surface area contributed by atoms with Gasteiger partial charge in [-0.2, -0.15) is 0 Å². The van der Waals surface area contributed by atoms with Gasteiger partial charge in [0.1, 0.15) is 23.2 Å². The van der Waals surface area contributed by atoms with E-state index in [-0.39, 0.29) is 22.1 Å². The van der Waals surface area contributed by atoms with Gasteiger partial charge in [-0.1, -0.05) is 17.7 Å². The van der Waals surface area contributed by atoms with E-state index in [4.69, 9.17) is 22.1 Å². The lowest BCUT2D eigenvalue weighted by molar-refractivity contribution is -0.147. The lowest BCUT2D eigenvalue weighted by Crippen LogP contribution is -2.65. The van der Waals surface area contributed by atoms with E-state index in [1.807, 2.05) is 18.2 Å². The lowest BCUT2D eigenvalue weighted by Gasteiger charge is -2.42. The fraction of sp³-hybridized carbons (Fsp3) is 0.500. The van der Waals surface area contributed by atoms with Gasteiger partial charge in [-0.3, -0.25) is 4.79 Å². The van der Waals surface area contributed by atoms with Crippen molar-refractivity contribution in [2.75, 3.05) is 7.11 Å². The number of carbonyl (C=O) groups is 1. The molecule has 0 aliphatic carbocycles. The Labute approximate surface area is 160 Å². The van der Waals surface area contributed by atoms with Gasteiger partial charge >= 0.3 is 0 Å². The number of thioether (sulfide) groups is 1. The second-order valence-corrected chi connectivity index (χ2v) is 9.13. The van der Waals surface area contributed by atoms with Crippen LogP contribution in [0.5, 0.6) is 5.75 Å². The zero-order valence-electron chi connectivity index (χ0n) is 14.6. The van der Waals surface area contributed by atoms with Crippen molar-refractivity contribution in [3.63, 3.8) is 0 Å². The first kappa shape index (κ1) is 17.6. The van der Waals surface area contributed by atoms with E-state index in [1.54, 1.807) is 28.5 Å². The minimum atomic E-state index is -0.450. The van der Waals surface area contributed by atoms with E-state index >= 15 is 0 Å². The van der Waals surface area contributed by atoms with Crippen molar-refractivity contribution in [1.82, 2.24) is 25.1 Å². The maximum atomic E-state index is 12.3. The van der Waals surface area contributed by atoms with Crippen molar-refractivity contribution in [2.45, 2.75) is 42.6 Å². The summed E-state index contributed by atoms with van der Waals surface area (Å²) in [7, 11) is 1.57. The highest BCUT2D eigenvalue weighted by atomic mass is 35.5. The Bertz CT molecular complexity index is 872. The first-order chi connectivity index (χ1) is 12.3. The number of hydrogen-bond donors (Lipinski definition) is 1. The number of aromatic nitrogens is 4. The second kappa shape index (κ2) is 6.11. The number of fused-ring (bicyclic) bond motifs is 1. The summed E-state index contributed by atoms with van der Waals surface area (Å²) >= 11 is 7.90. The molecule has 3 heterocycles. The summed E-state index contributed by atoms with van der Waals surface area (Å²) in [5.41, 5.74) is 6.89. The predicted molar refractivity (Wildman–Crippen MR) is 97.9 cm³/mol. The third-order valence-electron chi connectivity index (χ3n) is 4.83. The molecule has 0 saturated carbocycles. The van der Waals surface area contributed by atoms with Crippen molar-refractivity contribution in [3.8, 4) is 5.75 Å². The van der Waals surface area contributed by atoms with Crippen LogP contribution in [0.3, 0.4) is 0 Å². The Morgan fingerprint density at radius 2 is 2.19 bits per heavy atom. The number of benzene rings is 1. The molecule has 2 aromatic rings. The highest BCUT2D eigenvalue weighted by Crippen LogP contribution is 2.56. The minimum absolute atomic E-state index is 0.0249. The van der Waals surface area contributed by atoms with Gasteiger partial charge in [-0.05, 0) is 42.0 Å². The molecule has 4 rings (SSSR count). The number of ether oxygens (including phenoxy) is 1. The normalized spacial score (nSPS) is 26.6. The first-order valence-electron chi connectivity index (χ1n) is 8.17. The zero-order chi connectivity index (χ0) is 18.6. The molecule has 1 aromatic heterocycles. The van der Waals surface area contributed by atoms with Crippen LogP contribution in [-0.2, 0) is 11.3 Å². The van der Waals surface area contributed by atoms with Crippen molar-refractivity contribution in [3.05, 3.63) is 34.6 Å². The maximum absolute atomic E-state index is 12.3. The molecule has 2 saturated heterocycles. The Hall–Kier alpha value is -1.84. The van der Waals surface area contributed by atoms with Gasteiger partial charge in [-0.15, -0.1) is 16.9 Å². The third kappa shape index (κ3) is 2.57. The molecule has 138 valence electrons. The molecule has 2 unspecified atom stereocenters. The van der Waals surface area contributed by atoms with Gasteiger partial charge in [-0.25, -0.2) is 4.68 Å². The van der Waals surface area contributed by atoms with Crippen LogP contribution in [-0.4, -0.2) is 54.3 Å². The number of tetrazole rings is 1. The van der Waals surface area contributed by atoms with Crippen LogP contribution in [0.1, 0.15) is 31.3 Å². The number of methoxy groups -OCH3 is 1. The lowest BCUT2D eigenvalue weighted by atomic mass is 9.95. The summed E-state index contributed by atoms with van der Waals surface area (Å²) in [6.45, 7) is 4.62. The number of rotatable bonds is 4. The molecule has 1 aromatic carbocycles. The molecule has 2 aliphatic heterocycles. The van der Waals surface area contributed by atoms with E-state index in [2.05, 4.69) is 29.4 Å². The molecule has 0 spiro atoms. The number of nitrogens with two attached hydrogens (primary N) is 1. The summed E-state index contributed by atoms with van der Waals surface area (Å²) < 4.78 is 6.66. The monoisotopic (exact) mass is 394 g/mol. The standard InChI is InChI=1S/C16H19ClN6O2S/c1-16(2)12(23-14(24)11(18)15(23)26-16)13-19-20-21-22(13)7-8-4-5-10(25-3)9(17)6-8/h4-6,11-12,15H,7,18H2,1-3H3/t11?,12?,15-/m1/s1. The van der Waals surface area contributed by atoms with E-state index in [1.165, 1.54) is 0 Å². The maximum Gasteiger partial charge on any atom is 0.244 e. The van der Waals surface area contributed by atoms with Crippen molar-refractivity contribution >= 4 is 29.3 Å². The molecule has 2 fully saturated rings. The molecule has 3 atom stereocenters. The molecular weight excluding hydrogens is 376 g/mol.